The predicted octanol–water partition coefficient (Wildman–Crippen LogP) is 23.7. The van der Waals surface area contributed by atoms with Crippen molar-refractivity contribution >= 4 is 79.0 Å². The SMILES string of the molecule is Cc1ccc2c(c1)C(C)(C)c1cc3c(cc1-2)C(c1ccc(N(c2ccccc2)c2ccc(N(c4ccccc4)c4ccccc4)cc2)cc1)(c1ccc(N(c2ccccc2)c2ccc(N(c4ccccc4)c4ccccc4)cc2)cc1)c1ccc2ccccc2c1-3. The molecule has 434 valence electrons. The van der Waals surface area contributed by atoms with Gasteiger partial charge < -0.3 is 19.6 Å². The number of hydrogen-bond acceptors (Lipinski definition) is 4. The first-order valence-electron chi connectivity index (χ1n) is 31.6. The summed E-state index contributed by atoms with van der Waals surface area (Å²) in [7, 11) is 0. The van der Waals surface area contributed by atoms with Crippen LogP contribution in [-0.2, 0) is 10.8 Å². The average molecular weight is 1170 g/mol. The van der Waals surface area contributed by atoms with Crippen molar-refractivity contribution in [1.82, 2.24) is 0 Å². The molecule has 2 aliphatic carbocycles. The molecule has 2 aliphatic rings. The van der Waals surface area contributed by atoms with Crippen molar-refractivity contribution in [3.8, 4) is 22.3 Å². The van der Waals surface area contributed by atoms with Crippen LogP contribution in [0.15, 0.2) is 346 Å². The third-order valence-corrected chi connectivity index (χ3v) is 18.9. The topological polar surface area (TPSA) is 13.0 Å². The number of rotatable bonds is 14. The van der Waals surface area contributed by atoms with E-state index in [0.717, 1.165) is 68.2 Å². The number of para-hydroxylation sites is 6. The lowest BCUT2D eigenvalue weighted by molar-refractivity contribution is 0.659. The highest BCUT2D eigenvalue weighted by atomic mass is 15.2. The van der Waals surface area contributed by atoms with Crippen molar-refractivity contribution in [3.63, 3.8) is 0 Å². The maximum Gasteiger partial charge on any atom is 0.0714 e. The minimum absolute atomic E-state index is 0.202. The van der Waals surface area contributed by atoms with Gasteiger partial charge in [0.15, 0.2) is 0 Å². The number of nitrogens with zero attached hydrogens (tertiary/aromatic N) is 4. The number of fused-ring (bicyclic) bond motifs is 8. The summed E-state index contributed by atoms with van der Waals surface area (Å²) in [5.74, 6) is 0. The van der Waals surface area contributed by atoms with Crippen molar-refractivity contribution in [2.24, 2.45) is 0 Å². The summed E-state index contributed by atoms with van der Waals surface area (Å²) >= 11 is 0. The van der Waals surface area contributed by atoms with Crippen molar-refractivity contribution in [2.75, 3.05) is 19.6 Å². The van der Waals surface area contributed by atoms with Crippen molar-refractivity contribution in [2.45, 2.75) is 31.6 Å². The summed E-state index contributed by atoms with van der Waals surface area (Å²) < 4.78 is 0. The average Bonchev–Trinajstić information content (AvgIpc) is 1.52. The minimum Gasteiger partial charge on any atom is -0.311 e. The van der Waals surface area contributed by atoms with Crippen LogP contribution in [0.1, 0.15) is 52.8 Å². The van der Waals surface area contributed by atoms with E-state index in [4.69, 9.17) is 0 Å². The smallest absolute Gasteiger partial charge is 0.0714 e. The molecule has 0 saturated carbocycles. The van der Waals surface area contributed by atoms with Gasteiger partial charge in [-0.15, -0.1) is 0 Å². The molecule has 14 aromatic rings. The molecule has 0 unspecified atom stereocenters. The van der Waals surface area contributed by atoms with Gasteiger partial charge in [-0.2, -0.15) is 0 Å². The molecule has 0 aliphatic heterocycles. The summed E-state index contributed by atoms with van der Waals surface area (Å²) in [6.45, 7) is 7.05. The van der Waals surface area contributed by atoms with Crippen LogP contribution in [0.25, 0.3) is 33.0 Å². The zero-order chi connectivity index (χ0) is 61.0. The van der Waals surface area contributed by atoms with Gasteiger partial charge in [0.05, 0.1) is 5.41 Å². The van der Waals surface area contributed by atoms with E-state index in [2.05, 4.69) is 386 Å². The van der Waals surface area contributed by atoms with Crippen molar-refractivity contribution in [1.29, 1.82) is 0 Å². The number of hydrogen-bond donors (Lipinski definition) is 0. The highest BCUT2D eigenvalue weighted by molar-refractivity contribution is 6.05. The molecule has 4 heteroatoms. The van der Waals surface area contributed by atoms with Gasteiger partial charge in [-0.25, -0.2) is 0 Å². The molecule has 0 radical (unpaired) electrons. The van der Waals surface area contributed by atoms with Crippen LogP contribution in [0, 0.1) is 6.92 Å². The van der Waals surface area contributed by atoms with Crippen molar-refractivity contribution in [3.05, 3.63) is 385 Å². The maximum atomic E-state index is 2.59. The minimum atomic E-state index is -0.743. The van der Waals surface area contributed by atoms with Gasteiger partial charge in [0.1, 0.15) is 0 Å². The summed E-state index contributed by atoms with van der Waals surface area (Å²) in [6, 6.07) is 127. The zero-order valence-corrected chi connectivity index (χ0v) is 51.2. The van der Waals surface area contributed by atoms with E-state index in [1.807, 2.05) is 0 Å². The van der Waals surface area contributed by atoms with Crippen LogP contribution in [0.2, 0.25) is 0 Å². The Morgan fingerprint density at radius 2 is 0.538 bits per heavy atom. The Balaban J connectivity index is 0.871. The fourth-order valence-electron chi connectivity index (χ4n) is 14.7. The van der Waals surface area contributed by atoms with Crippen LogP contribution < -0.4 is 19.6 Å². The molecule has 0 N–H and O–H groups in total. The monoisotopic (exact) mass is 1170 g/mol. The Morgan fingerprint density at radius 1 is 0.231 bits per heavy atom. The van der Waals surface area contributed by atoms with Gasteiger partial charge in [-0.3, -0.25) is 0 Å². The third kappa shape index (κ3) is 9.37. The van der Waals surface area contributed by atoms with Crippen LogP contribution in [-0.4, -0.2) is 0 Å². The molecule has 0 saturated heterocycles. The van der Waals surface area contributed by atoms with E-state index in [-0.39, 0.29) is 5.41 Å². The maximum absolute atomic E-state index is 2.59. The van der Waals surface area contributed by atoms with E-state index in [1.165, 1.54) is 72.0 Å². The molecule has 16 rings (SSSR count). The zero-order valence-electron chi connectivity index (χ0n) is 51.2. The molecule has 0 fully saturated rings. The Bertz CT molecular complexity index is 4630. The van der Waals surface area contributed by atoms with Crippen LogP contribution >= 0.6 is 0 Å². The van der Waals surface area contributed by atoms with Gasteiger partial charge in [0.25, 0.3) is 0 Å². The lowest BCUT2D eigenvalue weighted by Crippen LogP contribution is -2.29. The number of benzene rings is 14. The quantitative estimate of drug-likeness (QED) is 0.108. The Labute approximate surface area is 534 Å². The molecular weight excluding hydrogens is 1100 g/mol. The van der Waals surface area contributed by atoms with Crippen LogP contribution in [0.3, 0.4) is 0 Å². The Kier molecular flexibility index (Phi) is 13.6. The largest absolute Gasteiger partial charge is 0.311 e. The summed E-state index contributed by atoms with van der Waals surface area (Å²) in [4.78, 5) is 9.40. The molecule has 0 spiro atoms. The van der Waals surface area contributed by atoms with E-state index in [0.29, 0.717) is 0 Å². The van der Waals surface area contributed by atoms with E-state index >= 15 is 0 Å². The second-order valence-electron chi connectivity index (χ2n) is 24.6. The van der Waals surface area contributed by atoms with Gasteiger partial charge in [-0.05, 0) is 231 Å². The molecule has 0 bridgehead atoms. The van der Waals surface area contributed by atoms with Crippen LogP contribution in [0.4, 0.5) is 68.2 Å². The first kappa shape index (κ1) is 54.9. The first-order valence-corrected chi connectivity index (χ1v) is 31.6. The molecule has 91 heavy (non-hydrogen) atoms. The van der Waals surface area contributed by atoms with E-state index in [1.54, 1.807) is 0 Å². The summed E-state index contributed by atoms with van der Waals surface area (Å²) in [5, 5.41) is 2.49. The number of anilines is 12. The molecule has 14 aromatic carbocycles. The van der Waals surface area contributed by atoms with E-state index in [9.17, 15) is 0 Å². The third-order valence-electron chi connectivity index (χ3n) is 18.9. The van der Waals surface area contributed by atoms with Gasteiger partial charge >= 0.3 is 0 Å². The summed E-state index contributed by atoms with van der Waals surface area (Å²) in [5.41, 5.74) is 26.2. The lowest BCUT2D eigenvalue weighted by atomic mass is 9.67. The highest BCUT2D eigenvalue weighted by Gasteiger charge is 2.49. The standard InChI is InChI=1S/C87H66N4/c1-61-38-56-78-79-59-84-80(60-83(79)86(2,3)82(78)58-61)85-77-37-23-22-24-62(77)39-57-81(85)87(84,63-40-44-71(45-41-63)90(69-33-18-8-19-34-69)75-52-48-73(49-53-75)88(65-25-10-4-11-26-65)66-27-12-5-13-28-66)64-42-46-72(47-43-64)91(70-35-20-9-21-36-70)76-54-50-74(51-55-76)89(67-29-14-6-15-30-67)68-31-16-7-17-32-68/h4-60H,1-3H3. The van der Waals surface area contributed by atoms with Gasteiger partial charge in [-0.1, -0.05) is 207 Å². The predicted molar refractivity (Wildman–Crippen MR) is 382 cm³/mol. The molecule has 0 heterocycles. The fraction of sp³-hybridized carbons (Fsp3) is 0.0575. The molecule has 0 atom stereocenters. The van der Waals surface area contributed by atoms with Gasteiger partial charge in [0.2, 0.25) is 0 Å². The Morgan fingerprint density at radius 3 is 0.912 bits per heavy atom. The first-order chi connectivity index (χ1) is 44.8. The molecule has 4 nitrogen and oxygen atoms in total. The normalized spacial score (nSPS) is 13.0. The van der Waals surface area contributed by atoms with Crippen molar-refractivity contribution < 1.29 is 0 Å². The second-order valence-corrected chi connectivity index (χ2v) is 24.6. The van der Waals surface area contributed by atoms with E-state index < -0.39 is 5.41 Å². The van der Waals surface area contributed by atoms with Gasteiger partial charge in [0, 0.05) is 73.7 Å². The number of aryl methyl sites for hydroxylation is 1. The second kappa shape index (κ2) is 22.6. The highest BCUT2D eigenvalue weighted by Crippen LogP contribution is 2.62. The van der Waals surface area contributed by atoms with Crippen LogP contribution in [0.5, 0.6) is 0 Å². The molecular formula is C87H66N4. The summed E-state index contributed by atoms with van der Waals surface area (Å²) in [6.07, 6.45) is 0. The molecule has 0 amide bonds. The Hall–Kier alpha value is -11.5. The fourth-order valence-corrected chi connectivity index (χ4v) is 14.7. The lowest BCUT2D eigenvalue weighted by Gasteiger charge is -2.35. The molecule has 0 aromatic heterocycles.